The molecule has 0 unspecified atom stereocenters. The third-order valence-electron chi connectivity index (χ3n) is 3.91. The molecule has 0 aliphatic carbocycles. The number of hydrogen-bond donors (Lipinski definition) is 0. The van der Waals surface area contributed by atoms with Crippen LogP contribution < -0.4 is 9.48 Å². The Morgan fingerprint density at radius 2 is 1.85 bits per heavy atom. The van der Waals surface area contributed by atoms with Gasteiger partial charge in [-0.1, -0.05) is 45.5 Å². The van der Waals surface area contributed by atoms with Gasteiger partial charge in [0, 0.05) is 9.17 Å². The Bertz CT molecular complexity index is 1100. The SMILES string of the molecule is COc1ccc(C=CC(=O)CC(=O)c2cc3cc(Br)ccc3sc2=O)cc1. The molecule has 1 aromatic heterocycles. The first-order valence-electron chi connectivity index (χ1n) is 8.08. The first kappa shape index (κ1) is 19.2. The minimum Gasteiger partial charge on any atom is -0.497 e. The maximum atomic E-state index is 12.4. The molecule has 0 fully saturated rings. The van der Waals surface area contributed by atoms with Gasteiger partial charge in [-0.15, -0.1) is 0 Å². The number of carbonyl (C=O) groups excluding carboxylic acids is 2. The molecule has 27 heavy (non-hydrogen) atoms. The molecule has 4 nitrogen and oxygen atoms in total. The summed E-state index contributed by atoms with van der Waals surface area (Å²) in [5.74, 6) is -0.0992. The van der Waals surface area contributed by atoms with E-state index in [1.54, 1.807) is 31.4 Å². The summed E-state index contributed by atoms with van der Waals surface area (Å²) in [5.41, 5.74) is 0.871. The molecule has 0 aliphatic rings. The second-order valence-corrected chi connectivity index (χ2v) is 7.73. The fraction of sp³-hybridized carbons (Fsp3) is 0.0952. The van der Waals surface area contributed by atoms with Gasteiger partial charge in [-0.3, -0.25) is 14.4 Å². The lowest BCUT2D eigenvalue weighted by Crippen LogP contribution is -2.14. The van der Waals surface area contributed by atoms with Gasteiger partial charge in [0.1, 0.15) is 5.75 Å². The third kappa shape index (κ3) is 4.78. The number of ether oxygens (including phenoxy) is 1. The van der Waals surface area contributed by atoms with Crippen LogP contribution in [0.5, 0.6) is 5.75 Å². The Kier molecular flexibility index (Phi) is 5.98. The molecule has 3 aromatic rings. The summed E-state index contributed by atoms with van der Waals surface area (Å²) < 4.78 is 6.40. The van der Waals surface area contributed by atoms with E-state index >= 15 is 0 Å². The van der Waals surface area contributed by atoms with E-state index in [1.807, 2.05) is 30.3 Å². The average Bonchev–Trinajstić information content (AvgIpc) is 2.66. The Morgan fingerprint density at radius 3 is 2.56 bits per heavy atom. The van der Waals surface area contributed by atoms with Gasteiger partial charge in [-0.05, 0) is 53.4 Å². The van der Waals surface area contributed by atoms with E-state index in [0.29, 0.717) is 0 Å². The molecule has 0 saturated heterocycles. The molecule has 0 atom stereocenters. The lowest BCUT2D eigenvalue weighted by molar-refractivity contribution is -0.113. The highest BCUT2D eigenvalue weighted by Crippen LogP contribution is 2.22. The van der Waals surface area contributed by atoms with Crippen LogP contribution in [-0.4, -0.2) is 18.7 Å². The monoisotopic (exact) mass is 442 g/mol. The standard InChI is InChI=1S/C21H15BrO4S/c1-26-17-7-3-13(4-8-17)2-6-16(23)12-19(24)18-11-14-10-15(22)5-9-20(14)27-21(18)25/h2-11H,12H2,1H3. The second-order valence-electron chi connectivity index (χ2n) is 5.80. The summed E-state index contributed by atoms with van der Waals surface area (Å²) in [7, 11) is 1.58. The summed E-state index contributed by atoms with van der Waals surface area (Å²) in [4.78, 5) is 36.8. The Hall–Kier alpha value is -2.57. The zero-order valence-corrected chi connectivity index (χ0v) is 16.8. The molecule has 136 valence electrons. The number of ketones is 2. The topological polar surface area (TPSA) is 60.4 Å². The predicted octanol–water partition coefficient (Wildman–Crippen LogP) is 4.89. The van der Waals surface area contributed by atoms with E-state index in [2.05, 4.69) is 15.9 Å². The fourth-order valence-electron chi connectivity index (χ4n) is 2.51. The smallest absolute Gasteiger partial charge is 0.243 e. The quantitative estimate of drug-likeness (QED) is 0.309. The van der Waals surface area contributed by atoms with Crippen LogP contribution in [0.25, 0.3) is 16.2 Å². The van der Waals surface area contributed by atoms with Crippen LogP contribution in [0, 0.1) is 0 Å². The maximum Gasteiger partial charge on any atom is 0.243 e. The van der Waals surface area contributed by atoms with Crippen LogP contribution >= 0.6 is 27.3 Å². The minimum absolute atomic E-state index is 0.0526. The van der Waals surface area contributed by atoms with Gasteiger partial charge < -0.3 is 4.74 Å². The first-order valence-corrected chi connectivity index (χ1v) is 9.69. The normalized spacial score (nSPS) is 11.0. The van der Waals surface area contributed by atoms with Crippen LogP contribution in [0.1, 0.15) is 22.3 Å². The number of Topliss-reactive ketones (excluding diaryl/α,β-unsaturated/α-hetero) is 1. The van der Waals surface area contributed by atoms with Crippen LogP contribution in [-0.2, 0) is 4.79 Å². The van der Waals surface area contributed by atoms with Crippen LogP contribution in [0.4, 0.5) is 0 Å². The van der Waals surface area contributed by atoms with Crippen LogP contribution in [0.2, 0.25) is 0 Å². The highest BCUT2D eigenvalue weighted by molar-refractivity contribution is 9.10. The largest absolute Gasteiger partial charge is 0.497 e. The zero-order chi connectivity index (χ0) is 19.4. The fourth-order valence-corrected chi connectivity index (χ4v) is 3.74. The molecule has 1 heterocycles. The Labute approximate surface area is 168 Å². The van der Waals surface area contributed by atoms with Gasteiger partial charge in [-0.25, -0.2) is 0 Å². The van der Waals surface area contributed by atoms with Gasteiger partial charge >= 0.3 is 0 Å². The highest BCUT2D eigenvalue weighted by atomic mass is 79.9. The van der Waals surface area contributed by atoms with Crippen LogP contribution in [0.3, 0.4) is 0 Å². The van der Waals surface area contributed by atoms with Crippen molar-refractivity contribution in [1.82, 2.24) is 0 Å². The van der Waals surface area contributed by atoms with Crippen molar-refractivity contribution in [2.24, 2.45) is 0 Å². The Balaban J connectivity index is 1.75. The summed E-state index contributed by atoms with van der Waals surface area (Å²) in [6.07, 6.45) is 2.65. The Morgan fingerprint density at radius 1 is 1.11 bits per heavy atom. The summed E-state index contributed by atoms with van der Waals surface area (Å²) in [6, 6.07) is 14.2. The molecule has 0 amide bonds. The number of methoxy groups -OCH3 is 1. The number of rotatable bonds is 6. The number of hydrogen-bond acceptors (Lipinski definition) is 5. The van der Waals surface area contributed by atoms with Crippen molar-refractivity contribution in [2.75, 3.05) is 7.11 Å². The number of fused-ring (bicyclic) bond motifs is 1. The van der Waals surface area contributed by atoms with Gasteiger partial charge in [-0.2, -0.15) is 0 Å². The van der Waals surface area contributed by atoms with Crippen molar-refractivity contribution in [3.63, 3.8) is 0 Å². The van der Waals surface area contributed by atoms with Gasteiger partial charge in [0.25, 0.3) is 0 Å². The van der Waals surface area contributed by atoms with Crippen molar-refractivity contribution in [3.05, 3.63) is 79.7 Å². The molecule has 0 radical (unpaired) electrons. The van der Waals surface area contributed by atoms with Gasteiger partial charge in [0.2, 0.25) is 4.74 Å². The second kappa shape index (κ2) is 8.41. The summed E-state index contributed by atoms with van der Waals surface area (Å²) >= 11 is 4.38. The molecule has 6 heteroatoms. The minimum atomic E-state index is -0.470. The zero-order valence-electron chi connectivity index (χ0n) is 14.4. The lowest BCUT2D eigenvalue weighted by Gasteiger charge is -2.02. The first-order chi connectivity index (χ1) is 13.0. The molecule has 0 N–H and O–H groups in total. The van der Waals surface area contributed by atoms with E-state index in [1.165, 1.54) is 6.08 Å². The van der Waals surface area contributed by atoms with E-state index in [9.17, 15) is 14.4 Å². The molecular formula is C21H15BrO4S. The van der Waals surface area contributed by atoms with E-state index < -0.39 is 5.78 Å². The van der Waals surface area contributed by atoms with Crippen LogP contribution in [0.15, 0.2) is 63.9 Å². The van der Waals surface area contributed by atoms with Gasteiger partial charge in [0.15, 0.2) is 11.6 Å². The number of allylic oxidation sites excluding steroid dienone is 1. The number of halogens is 1. The van der Waals surface area contributed by atoms with Crippen molar-refractivity contribution in [1.29, 1.82) is 0 Å². The molecule has 0 bridgehead atoms. The van der Waals surface area contributed by atoms with E-state index in [4.69, 9.17) is 4.74 Å². The molecule has 0 aliphatic heterocycles. The third-order valence-corrected chi connectivity index (χ3v) is 5.40. The average molecular weight is 443 g/mol. The predicted molar refractivity (Wildman–Crippen MR) is 112 cm³/mol. The van der Waals surface area contributed by atoms with Gasteiger partial charge in [0.05, 0.1) is 19.1 Å². The number of benzene rings is 2. The summed E-state index contributed by atoms with van der Waals surface area (Å²) in [6.45, 7) is 0. The van der Waals surface area contributed by atoms with Crippen molar-refractivity contribution in [2.45, 2.75) is 6.42 Å². The lowest BCUT2D eigenvalue weighted by atomic mass is 10.1. The molecule has 0 saturated carbocycles. The van der Waals surface area contributed by atoms with E-state index in [0.717, 1.165) is 37.2 Å². The molecule has 2 aromatic carbocycles. The highest BCUT2D eigenvalue weighted by Gasteiger charge is 2.15. The number of carbonyl (C=O) groups is 2. The van der Waals surface area contributed by atoms with Crippen molar-refractivity contribution < 1.29 is 14.3 Å². The molecule has 0 spiro atoms. The van der Waals surface area contributed by atoms with E-state index in [-0.39, 0.29) is 22.5 Å². The molecule has 3 rings (SSSR count). The van der Waals surface area contributed by atoms with Crippen molar-refractivity contribution >= 4 is 55.0 Å². The molecular weight excluding hydrogens is 428 g/mol. The summed E-state index contributed by atoms with van der Waals surface area (Å²) in [5, 5.41) is 0.790. The maximum absolute atomic E-state index is 12.4. The van der Waals surface area contributed by atoms with Crippen molar-refractivity contribution in [3.8, 4) is 5.75 Å².